The lowest BCUT2D eigenvalue weighted by Crippen LogP contribution is -2.20. The largest absolute Gasteiger partial charge is 0.378 e. The van der Waals surface area contributed by atoms with Crippen LogP contribution in [0.25, 0.3) is 0 Å². The van der Waals surface area contributed by atoms with Gasteiger partial charge >= 0.3 is 6.03 Å². The Kier molecular flexibility index (Phi) is 5.49. The highest BCUT2D eigenvalue weighted by atomic mass is 19.1. The van der Waals surface area contributed by atoms with E-state index in [1.165, 1.54) is 6.20 Å². The average Bonchev–Trinajstić information content (AvgIpc) is 3.12. The van der Waals surface area contributed by atoms with E-state index < -0.39 is 23.6 Å². The lowest BCUT2D eigenvalue weighted by Gasteiger charge is -2.10. The van der Waals surface area contributed by atoms with Gasteiger partial charge in [-0.05, 0) is 29.8 Å². The second kappa shape index (κ2) is 8.16. The predicted octanol–water partition coefficient (Wildman–Crippen LogP) is 3.04. The molecule has 0 atom stereocenters. The van der Waals surface area contributed by atoms with Crippen LogP contribution in [0.4, 0.5) is 30.6 Å². The van der Waals surface area contributed by atoms with Gasteiger partial charge < -0.3 is 21.7 Å². The molecule has 0 saturated heterocycles. The van der Waals surface area contributed by atoms with Gasteiger partial charge in [-0.2, -0.15) is 5.10 Å². The molecule has 0 aliphatic rings. The summed E-state index contributed by atoms with van der Waals surface area (Å²) < 4.78 is 26.8. The zero-order valence-electron chi connectivity index (χ0n) is 14.4. The number of hydrogen-bond acceptors (Lipinski definition) is 4. The van der Waals surface area contributed by atoms with Crippen LogP contribution in [0.3, 0.4) is 0 Å². The third-order valence-corrected chi connectivity index (χ3v) is 3.72. The Bertz CT molecular complexity index is 1020. The molecule has 8 nitrogen and oxygen atoms in total. The number of carbonyl (C=O) groups excluding carboxylic acids is 2. The van der Waals surface area contributed by atoms with Crippen LogP contribution in [0.5, 0.6) is 0 Å². The minimum atomic E-state index is -0.750. The van der Waals surface area contributed by atoms with E-state index in [-0.39, 0.29) is 11.4 Å². The van der Waals surface area contributed by atoms with E-state index in [2.05, 4.69) is 26.1 Å². The number of amides is 3. The topological polar surface area (TPSA) is 125 Å². The first-order chi connectivity index (χ1) is 13.4. The van der Waals surface area contributed by atoms with E-state index in [1.54, 1.807) is 24.3 Å². The summed E-state index contributed by atoms with van der Waals surface area (Å²) in [6, 6.07) is 8.87. The number of aromatic amines is 1. The number of aromatic nitrogens is 2. The number of H-pyrrole nitrogens is 1. The van der Waals surface area contributed by atoms with Crippen molar-refractivity contribution in [3.63, 3.8) is 0 Å². The van der Waals surface area contributed by atoms with Gasteiger partial charge in [0.25, 0.3) is 5.91 Å². The molecule has 0 radical (unpaired) electrons. The second-order valence-corrected chi connectivity index (χ2v) is 5.77. The summed E-state index contributed by atoms with van der Waals surface area (Å²) in [5.74, 6) is -2.08. The van der Waals surface area contributed by atoms with Crippen LogP contribution in [0.15, 0.2) is 48.7 Å². The summed E-state index contributed by atoms with van der Waals surface area (Å²) in [6.07, 6.45) is 1.50. The summed E-state index contributed by atoms with van der Waals surface area (Å²) in [5.41, 5.74) is 6.72. The summed E-state index contributed by atoms with van der Waals surface area (Å²) in [6.45, 7) is 0.329. The van der Waals surface area contributed by atoms with Crippen molar-refractivity contribution in [3.05, 3.63) is 71.6 Å². The molecule has 0 spiro atoms. The molecule has 2 aromatic carbocycles. The lowest BCUT2D eigenvalue weighted by molar-refractivity contribution is 0.0996. The van der Waals surface area contributed by atoms with Gasteiger partial charge in [-0.1, -0.05) is 12.1 Å². The highest BCUT2D eigenvalue weighted by molar-refractivity contribution is 6.00. The van der Waals surface area contributed by atoms with Crippen molar-refractivity contribution < 1.29 is 18.4 Å². The Labute approximate surface area is 158 Å². The summed E-state index contributed by atoms with van der Waals surface area (Å²) in [4.78, 5) is 23.3. The number of primary amides is 1. The maximum Gasteiger partial charge on any atom is 0.323 e. The number of nitrogens with zero attached hydrogens (tertiary/aromatic N) is 1. The van der Waals surface area contributed by atoms with Gasteiger partial charge in [0.1, 0.15) is 11.6 Å². The lowest BCUT2D eigenvalue weighted by atomic mass is 10.2. The first-order valence-corrected chi connectivity index (χ1v) is 8.12. The first-order valence-electron chi connectivity index (χ1n) is 8.12. The molecule has 6 N–H and O–H groups in total. The van der Waals surface area contributed by atoms with Gasteiger partial charge in [-0.25, -0.2) is 13.6 Å². The third-order valence-electron chi connectivity index (χ3n) is 3.72. The number of urea groups is 1. The number of benzene rings is 2. The molecule has 1 heterocycles. The van der Waals surface area contributed by atoms with E-state index in [9.17, 15) is 18.4 Å². The number of nitrogens with two attached hydrogens (primary N) is 1. The Morgan fingerprint density at radius 1 is 1.07 bits per heavy atom. The third kappa shape index (κ3) is 4.61. The Morgan fingerprint density at radius 2 is 1.89 bits per heavy atom. The van der Waals surface area contributed by atoms with Gasteiger partial charge in [0, 0.05) is 24.5 Å². The fourth-order valence-corrected chi connectivity index (χ4v) is 2.45. The summed E-state index contributed by atoms with van der Waals surface area (Å²) in [7, 11) is 0. The van der Waals surface area contributed by atoms with Crippen LogP contribution in [0, 0.1) is 11.6 Å². The van der Waals surface area contributed by atoms with Crippen molar-refractivity contribution in [1.82, 2.24) is 10.2 Å². The Hall–Kier alpha value is -3.95. The molecular weight excluding hydrogens is 370 g/mol. The molecule has 0 fully saturated rings. The molecule has 28 heavy (non-hydrogen) atoms. The van der Waals surface area contributed by atoms with Gasteiger partial charge in [0.15, 0.2) is 5.69 Å². The highest BCUT2D eigenvalue weighted by Crippen LogP contribution is 2.17. The molecule has 3 aromatic rings. The zero-order chi connectivity index (χ0) is 20.1. The van der Waals surface area contributed by atoms with Crippen LogP contribution >= 0.6 is 0 Å². The monoisotopic (exact) mass is 386 g/mol. The molecule has 1 aromatic heterocycles. The maximum atomic E-state index is 13.6. The standard InChI is InChI=1S/C18H16F2N6O2/c19-11-4-5-13(20)14(7-11)25-18(28)24-12-3-1-2-10(6-12)8-22-15-9-23-26-16(15)17(21)27/h1-7,9,22H,8H2,(H2,21,27)(H,23,26)(H2,24,25,28). The summed E-state index contributed by atoms with van der Waals surface area (Å²) >= 11 is 0. The number of hydrogen-bond donors (Lipinski definition) is 5. The van der Waals surface area contributed by atoms with Gasteiger partial charge in [0.05, 0.1) is 11.4 Å². The number of anilines is 3. The van der Waals surface area contributed by atoms with E-state index in [1.807, 2.05) is 0 Å². The van der Waals surface area contributed by atoms with Crippen molar-refractivity contribution in [1.29, 1.82) is 0 Å². The molecule has 0 aliphatic carbocycles. The maximum absolute atomic E-state index is 13.6. The van der Waals surface area contributed by atoms with Crippen molar-refractivity contribution >= 4 is 29.0 Å². The zero-order valence-corrected chi connectivity index (χ0v) is 14.4. The minimum Gasteiger partial charge on any atom is -0.378 e. The molecule has 0 saturated carbocycles. The molecule has 3 rings (SSSR count). The predicted molar refractivity (Wildman–Crippen MR) is 99.9 cm³/mol. The molecular formula is C18H16F2N6O2. The van der Waals surface area contributed by atoms with Crippen molar-refractivity contribution in [3.8, 4) is 0 Å². The SMILES string of the molecule is NC(=O)c1n[nH]cc1NCc1cccc(NC(=O)Nc2cc(F)ccc2F)c1. The minimum absolute atomic E-state index is 0.0887. The number of carbonyl (C=O) groups is 2. The van der Waals surface area contributed by atoms with E-state index in [0.717, 1.165) is 23.8 Å². The highest BCUT2D eigenvalue weighted by Gasteiger charge is 2.11. The first kappa shape index (κ1) is 18.8. The number of rotatable bonds is 6. The molecule has 0 unspecified atom stereocenters. The van der Waals surface area contributed by atoms with Crippen LogP contribution in [-0.4, -0.2) is 22.1 Å². The fraction of sp³-hybridized carbons (Fsp3) is 0.0556. The van der Waals surface area contributed by atoms with E-state index >= 15 is 0 Å². The van der Waals surface area contributed by atoms with Crippen molar-refractivity contribution in [2.45, 2.75) is 6.54 Å². The molecule has 0 aliphatic heterocycles. The van der Waals surface area contributed by atoms with Crippen LogP contribution in [0.1, 0.15) is 16.1 Å². The average molecular weight is 386 g/mol. The van der Waals surface area contributed by atoms with Crippen molar-refractivity contribution in [2.24, 2.45) is 5.73 Å². The quantitative estimate of drug-likeness (QED) is 0.446. The van der Waals surface area contributed by atoms with Gasteiger partial charge in [-0.15, -0.1) is 0 Å². The molecule has 0 bridgehead atoms. The Morgan fingerprint density at radius 3 is 2.68 bits per heavy atom. The van der Waals surface area contributed by atoms with Gasteiger partial charge in [-0.3, -0.25) is 9.89 Å². The Balaban J connectivity index is 1.63. The van der Waals surface area contributed by atoms with E-state index in [4.69, 9.17) is 5.73 Å². The van der Waals surface area contributed by atoms with Crippen LogP contribution < -0.4 is 21.7 Å². The van der Waals surface area contributed by atoms with Crippen LogP contribution in [-0.2, 0) is 6.54 Å². The van der Waals surface area contributed by atoms with E-state index in [0.29, 0.717) is 17.9 Å². The fourth-order valence-electron chi connectivity index (χ4n) is 2.45. The summed E-state index contributed by atoms with van der Waals surface area (Å²) in [5, 5.41) is 14.1. The second-order valence-electron chi connectivity index (χ2n) is 5.77. The smallest absolute Gasteiger partial charge is 0.323 e. The molecule has 3 amide bonds. The number of nitrogens with one attached hydrogen (secondary N) is 4. The molecule has 144 valence electrons. The van der Waals surface area contributed by atoms with Crippen molar-refractivity contribution in [2.75, 3.05) is 16.0 Å². The van der Waals surface area contributed by atoms with Gasteiger partial charge in [0.2, 0.25) is 0 Å². The molecule has 10 heteroatoms. The normalized spacial score (nSPS) is 10.4. The van der Waals surface area contributed by atoms with Crippen LogP contribution in [0.2, 0.25) is 0 Å². The number of halogens is 2.